The van der Waals surface area contributed by atoms with Crippen LogP contribution in [0.4, 0.5) is 15.9 Å². The summed E-state index contributed by atoms with van der Waals surface area (Å²) in [6, 6.07) is 3.57. The van der Waals surface area contributed by atoms with Gasteiger partial charge in [-0.05, 0) is 28.1 Å². The van der Waals surface area contributed by atoms with E-state index in [-0.39, 0.29) is 23.1 Å². The molecule has 2 rings (SSSR count). The maximum absolute atomic E-state index is 13.1. The van der Waals surface area contributed by atoms with Gasteiger partial charge in [0.1, 0.15) is 18.6 Å². The van der Waals surface area contributed by atoms with Gasteiger partial charge in [-0.15, -0.1) is 0 Å². The van der Waals surface area contributed by atoms with Crippen molar-refractivity contribution in [1.82, 2.24) is 9.55 Å². The summed E-state index contributed by atoms with van der Waals surface area (Å²) >= 11 is 5.83. The van der Waals surface area contributed by atoms with Gasteiger partial charge in [-0.2, -0.15) is 0 Å². The van der Waals surface area contributed by atoms with E-state index in [4.69, 9.17) is 11.6 Å². The van der Waals surface area contributed by atoms with Gasteiger partial charge in [0, 0.05) is 6.92 Å². The topological polar surface area (TPSA) is 90.1 Å². The molecule has 0 aliphatic rings. The zero-order chi connectivity index (χ0) is 15.6. The Bertz CT molecular complexity index is 717. The number of imidazole rings is 1. The molecule has 1 heterocycles. The monoisotopic (exact) mass is 312 g/mol. The van der Waals surface area contributed by atoms with E-state index in [1.165, 1.54) is 23.6 Å². The zero-order valence-corrected chi connectivity index (χ0v) is 11.6. The third-order valence-electron chi connectivity index (χ3n) is 2.67. The van der Waals surface area contributed by atoms with Crippen LogP contribution >= 0.6 is 11.6 Å². The number of nitro groups is 1. The quantitative estimate of drug-likeness (QED) is 0.694. The molecular formula is C12H10ClFN4O3. The molecule has 1 aromatic heterocycles. The van der Waals surface area contributed by atoms with Crippen molar-refractivity contribution < 1.29 is 14.1 Å². The molecule has 2 aromatic rings. The predicted octanol–water partition coefficient (Wildman–Crippen LogP) is 2.53. The normalized spacial score (nSPS) is 10.4. The third kappa shape index (κ3) is 3.54. The highest BCUT2D eigenvalue weighted by atomic mass is 35.5. The first-order valence-corrected chi connectivity index (χ1v) is 6.17. The average Bonchev–Trinajstić information content (AvgIpc) is 2.75. The second-order valence-corrected chi connectivity index (χ2v) is 4.61. The number of aromatic nitrogens is 2. The van der Waals surface area contributed by atoms with E-state index in [2.05, 4.69) is 10.3 Å². The van der Waals surface area contributed by atoms with E-state index in [1.54, 1.807) is 0 Å². The van der Waals surface area contributed by atoms with Gasteiger partial charge in [0.05, 0.1) is 10.7 Å². The van der Waals surface area contributed by atoms with Crippen molar-refractivity contribution in [1.29, 1.82) is 0 Å². The van der Waals surface area contributed by atoms with Crippen LogP contribution in [0, 0.1) is 22.9 Å². The molecule has 0 unspecified atom stereocenters. The van der Waals surface area contributed by atoms with Crippen LogP contribution in [0.1, 0.15) is 5.82 Å². The summed E-state index contributed by atoms with van der Waals surface area (Å²) in [5.41, 5.74) is 0.133. The first-order valence-electron chi connectivity index (χ1n) is 5.80. The van der Waals surface area contributed by atoms with E-state index in [9.17, 15) is 19.3 Å². The molecule has 0 spiro atoms. The molecule has 0 saturated heterocycles. The first kappa shape index (κ1) is 14.9. The van der Waals surface area contributed by atoms with Crippen molar-refractivity contribution in [2.24, 2.45) is 0 Å². The lowest BCUT2D eigenvalue weighted by Gasteiger charge is -2.07. The summed E-state index contributed by atoms with van der Waals surface area (Å²) in [4.78, 5) is 25.5. The van der Waals surface area contributed by atoms with Crippen LogP contribution in [0.2, 0.25) is 5.02 Å². The van der Waals surface area contributed by atoms with Crippen molar-refractivity contribution in [3.8, 4) is 0 Å². The van der Waals surface area contributed by atoms with Crippen LogP contribution in [-0.2, 0) is 11.3 Å². The maximum Gasteiger partial charge on any atom is 0.381 e. The van der Waals surface area contributed by atoms with E-state index < -0.39 is 16.6 Å². The third-order valence-corrected chi connectivity index (χ3v) is 3.00. The van der Waals surface area contributed by atoms with E-state index in [1.807, 2.05) is 0 Å². The number of carbonyl (C=O) groups excluding carboxylic acids is 1. The molecule has 0 radical (unpaired) electrons. The molecule has 9 heteroatoms. The lowest BCUT2D eigenvalue weighted by molar-refractivity contribution is -0.389. The van der Waals surface area contributed by atoms with Crippen LogP contribution in [0.3, 0.4) is 0 Å². The lowest BCUT2D eigenvalue weighted by Crippen LogP contribution is -2.19. The number of benzene rings is 1. The Balaban J connectivity index is 2.11. The van der Waals surface area contributed by atoms with Crippen molar-refractivity contribution in [2.75, 3.05) is 5.32 Å². The maximum atomic E-state index is 13.1. The summed E-state index contributed by atoms with van der Waals surface area (Å²) in [7, 11) is 0. The van der Waals surface area contributed by atoms with Gasteiger partial charge in [-0.25, -0.2) is 4.39 Å². The highest BCUT2D eigenvalue weighted by Gasteiger charge is 2.17. The highest BCUT2D eigenvalue weighted by Crippen LogP contribution is 2.22. The van der Waals surface area contributed by atoms with Crippen molar-refractivity contribution in [3.63, 3.8) is 0 Å². The number of anilines is 1. The number of nitrogens with one attached hydrogen (secondary N) is 1. The minimum Gasteiger partial charge on any atom is -0.358 e. The van der Waals surface area contributed by atoms with Gasteiger partial charge in [0.15, 0.2) is 0 Å². The number of hydrogen-bond acceptors (Lipinski definition) is 4. The minimum atomic E-state index is -0.648. The molecule has 0 fully saturated rings. The second-order valence-electron chi connectivity index (χ2n) is 4.20. The van der Waals surface area contributed by atoms with Crippen LogP contribution in [-0.4, -0.2) is 20.4 Å². The molecule has 1 N–H and O–H groups in total. The Morgan fingerprint density at radius 1 is 1.57 bits per heavy atom. The van der Waals surface area contributed by atoms with Crippen LogP contribution in [0.25, 0.3) is 0 Å². The van der Waals surface area contributed by atoms with Gasteiger partial charge >= 0.3 is 5.82 Å². The van der Waals surface area contributed by atoms with Crippen LogP contribution in [0.5, 0.6) is 0 Å². The standard InChI is InChI=1S/C12H10ClFN4O3/c1-7-15-11(18(20)21)5-17(7)6-12(19)16-10-4-8(14)2-3-9(10)13/h2-5H,6H2,1H3,(H,16,19). The molecular weight excluding hydrogens is 303 g/mol. The minimum absolute atomic E-state index is 0.133. The Hall–Kier alpha value is -2.48. The van der Waals surface area contributed by atoms with Gasteiger partial charge in [-0.1, -0.05) is 11.6 Å². The van der Waals surface area contributed by atoms with Gasteiger partial charge in [-0.3, -0.25) is 9.36 Å². The van der Waals surface area contributed by atoms with Crippen LogP contribution < -0.4 is 5.32 Å². The van der Waals surface area contributed by atoms with E-state index in [0.29, 0.717) is 5.82 Å². The fourth-order valence-electron chi connectivity index (χ4n) is 1.68. The van der Waals surface area contributed by atoms with E-state index in [0.717, 1.165) is 12.3 Å². The predicted molar refractivity (Wildman–Crippen MR) is 73.7 cm³/mol. The number of hydrogen-bond donors (Lipinski definition) is 1. The smallest absolute Gasteiger partial charge is 0.358 e. The molecule has 0 atom stereocenters. The fraction of sp³-hybridized carbons (Fsp3) is 0.167. The van der Waals surface area contributed by atoms with E-state index >= 15 is 0 Å². The van der Waals surface area contributed by atoms with Crippen LogP contribution in [0.15, 0.2) is 24.4 Å². The molecule has 21 heavy (non-hydrogen) atoms. The number of amides is 1. The van der Waals surface area contributed by atoms with Gasteiger partial charge < -0.3 is 15.4 Å². The summed E-state index contributed by atoms with van der Waals surface area (Å²) in [5, 5.41) is 13.2. The average molecular weight is 313 g/mol. The number of aryl methyl sites for hydroxylation is 1. The fourth-order valence-corrected chi connectivity index (χ4v) is 1.84. The summed E-state index contributed by atoms with van der Waals surface area (Å²) < 4.78 is 14.4. The Morgan fingerprint density at radius 3 is 2.90 bits per heavy atom. The highest BCUT2D eigenvalue weighted by molar-refractivity contribution is 6.33. The summed E-state index contributed by atoms with van der Waals surface area (Å²) in [6.45, 7) is 1.34. The Kier molecular flexibility index (Phi) is 4.18. The molecule has 7 nitrogen and oxygen atoms in total. The Labute approximate surface area is 123 Å². The zero-order valence-electron chi connectivity index (χ0n) is 10.8. The number of nitrogens with zero attached hydrogens (tertiary/aromatic N) is 3. The summed E-state index contributed by atoms with van der Waals surface area (Å²) in [5.74, 6) is -1.06. The van der Waals surface area contributed by atoms with Gasteiger partial charge in [0.2, 0.25) is 11.7 Å². The van der Waals surface area contributed by atoms with Crippen molar-refractivity contribution >= 4 is 29.0 Å². The number of rotatable bonds is 4. The molecule has 110 valence electrons. The Morgan fingerprint density at radius 2 is 2.29 bits per heavy atom. The van der Waals surface area contributed by atoms with Crippen molar-refractivity contribution in [3.05, 3.63) is 51.2 Å². The van der Waals surface area contributed by atoms with Gasteiger partial charge in [0.25, 0.3) is 0 Å². The SMILES string of the molecule is Cc1nc([N+](=O)[O-])cn1CC(=O)Nc1cc(F)ccc1Cl. The molecule has 1 aromatic carbocycles. The largest absolute Gasteiger partial charge is 0.381 e. The second kappa shape index (κ2) is 5.88. The lowest BCUT2D eigenvalue weighted by atomic mass is 10.3. The molecule has 0 bridgehead atoms. The molecule has 0 aliphatic carbocycles. The number of carbonyl (C=O) groups is 1. The molecule has 0 saturated carbocycles. The molecule has 1 amide bonds. The summed E-state index contributed by atoms with van der Waals surface area (Å²) in [6.07, 6.45) is 1.15. The first-order chi connectivity index (χ1) is 9.86. The van der Waals surface area contributed by atoms with Crippen molar-refractivity contribution in [2.45, 2.75) is 13.5 Å². The molecule has 0 aliphatic heterocycles. The number of halogens is 2.